The molecule has 2 aromatic rings. The predicted molar refractivity (Wildman–Crippen MR) is 79.9 cm³/mol. The van der Waals surface area contributed by atoms with Crippen molar-refractivity contribution in [2.75, 3.05) is 13.7 Å². The van der Waals surface area contributed by atoms with E-state index in [9.17, 15) is 4.39 Å². The average molecular weight is 289 g/mol. The van der Waals surface area contributed by atoms with Crippen molar-refractivity contribution in [1.29, 1.82) is 0 Å². The molecule has 5 heteroatoms. The molecule has 0 saturated heterocycles. The Morgan fingerprint density at radius 1 is 1.33 bits per heavy atom. The van der Waals surface area contributed by atoms with Crippen molar-refractivity contribution >= 4 is 0 Å². The van der Waals surface area contributed by atoms with E-state index in [1.807, 2.05) is 13.0 Å². The van der Waals surface area contributed by atoms with Crippen LogP contribution in [0.4, 0.5) is 4.39 Å². The van der Waals surface area contributed by atoms with Crippen molar-refractivity contribution in [1.82, 2.24) is 15.3 Å². The zero-order valence-electron chi connectivity index (χ0n) is 12.6. The Morgan fingerprint density at radius 3 is 2.76 bits per heavy atom. The molecule has 1 unspecified atom stereocenters. The molecule has 112 valence electrons. The molecule has 1 heterocycles. The van der Waals surface area contributed by atoms with Gasteiger partial charge in [0.15, 0.2) is 0 Å². The standard InChI is InChI=1S/C16H20FN3O/c1-4-8-19-16(15-7-9-18-11(2)20-15)13-6-5-12(21-3)10-14(13)17/h5-7,9-10,16,19H,4,8H2,1-3H3. The largest absolute Gasteiger partial charge is 0.497 e. The van der Waals surface area contributed by atoms with E-state index in [0.717, 1.165) is 18.7 Å². The molecule has 0 spiro atoms. The lowest BCUT2D eigenvalue weighted by Gasteiger charge is -2.19. The summed E-state index contributed by atoms with van der Waals surface area (Å²) in [7, 11) is 1.52. The predicted octanol–water partition coefficient (Wildman–Crippen LogP) is 3.02. The summed E-state index contributed by atoms with van der Waals surface area (Å²) in [6.45, 7) is 4.67. The second-order valence-corrected chi connectivity index (χ2v) is 4.80. The summed E-state index contributed by atoms with van der Waals surface area (Å²) >= 11 is 0. The lowest BCUT2D eigenvalue weighted by molar-refractivity contribution is 0.409. The molecule has 0 saturated carbocycles. The number of hydrogen-bond acceptors (Lipinski definition) is 4. The summed E-state index contributed by atoms with van der Waals surface area (Å²) in [5.74, 6) is 0.869. The van der Waals surface area contributed by atoms with E-state index in [4.69, 9.17) is 4.74 Å². The number of benzene rings is 1. The van der Waals surface area contributed by atoms with Gasteiger partial charge in [-0.15, -0.1) is 0 Å². The number of aromatic nitrogens is 2. The topological polar surface area (TPSA) is 47.0 Å². The summed E-state index contributed by atoms with van der Waals surface area (Å²) in [5.41, 5.74) is 1.32. The fourth-order valence-electron chi connectivity index (χ4n) is 2.17. The fraction of sp³-hybridized carbons (Fsp3) is 0.375. The number of ether oxygens (including phenoxy) is 1. The highest BCUT2D eigenvalue weighted by Crippen LogP contribution is 2.26. The average Bonchev–Trinajstić information content (AvgIpc) is 2.49. The second kappa shape index (κ2) is 7.13. The molecule has 0 fully saturated rings. The van der Waals surface area contributed by atoms with Crippen LogP contribution in [0.15, 0.2) is 30.5 Å². The zero-order chi connectivity index (χ0) is 15.2. The molecule has 0 amide bonds. The van der Waals surface area contributed by atoms with Crippen LogP contribution in [0.5, 0.6) is 5.75 Å². The monoisotopic (exact) mass is 289 g/mol. The van der Waals surface area contributed by atoms with Crippen LogP contribution >= 0.6 is 0 Å². The van der Waals surface area contributed by atoms with Crippen LogP contribution in [0, 0.1) is 12.7 Å². The molecule has 0 aliphatic carbocycles. The number of aryl methyl sites for hydroxylation is 1. The molecule has 0 aliphatic rings. The number of halogens is 1. The van der Waals surface area contributed by atoms with Gasteiger partial charge in [-0.25, -0.2) is 14.4 Å². The first kappa shape index (κ1) is 15.4. The first-order valence-electron chi connectivity index (χ1n) is 7.02. The molecule has 4 nitrogen and oxygen atoms in total. The molecule has 1 aromatic heterocycles. The third-order valence-corrected chi connectivity index (χ3v) is 3.21. The van der Waals surface area contributed by atoms with Gasteiger partial charge in [0.2, 0.25) is 0 Å². The van der Waals surface area contributed by atoms with E-state index in [1.165, 1.54) is 13.2 Å². The molecule has 21 heavy (non-hydrogen) atoms. The van der Waals surface area contributed by atoms with E-state index < -0.39 is 0 Å². The number of nitrogens with zero attached hydrogens (tertiary/aromatic N) is 2. The maximum atomic E-state index is 14.3. The Labute approximate surface area is 124 Å². The van der Waals surface area contributed by atoms with Gasteiger partial charge in [-0.2, -0.15) is 0 Å². The van der Waals surface area contributed by atoms with Gasteiger partial charge in [0, 0.05) is 17.8 Å². The van der Waals surface area contributed by atoms with Gasteiger partial charge in [0.05, 0.1) is 18.8 Å². The van der Waals surface area contributed by atoms with Crippen molar-refractivity contribution in [2.45, 2.75) is 26.3 Å². The number of rotatable bonds is 6. The highest BCUT2D eigenvalue weighted by Gasteiger charge is 2.19. The van der Waals surface area contributed by atoms with Gasteiger partial charge in [0.1, 0.15) is 17.4 Å². The molecule has 1 aromatic carbocycles. The molecule has 1 atom stereocenters. The Bertz CT molecular complexity index is 604. The zero-order valence-corrected chi connectivity index (χ0v) is 12.6. The van der Waals surface area contributed by atoms with Gasteiger partial charge in [0.25, 0.3) is 0 Å². The summed E-state index contributed by atoms with van der Waals surface area (Å²) in [6, 6.07) is 6.40. The highest BCUT2D eigenvalue weighted by molar-refractivity contribution is 5.34. The Kier molecular flexibility index (Phi) is 5.22. The minimum atomic E-state index is -0.306. The van der Waals surface area contributed by atoms with Crippen LogP contribution in [-0.2, 0) is 0 Å². The van der Waals surface area contributed by atoms with E-state index in [0.29, 0.717) is 17.1 Å². The van der Waals surface area contributed by atoms with Crippen LogP contribution in [0.1, 0.15) is 36.5 Å². The second-order valence-electron chi connectivity index (χ2n) is 4.80. The van der Waals surface area contributed by atoms with Crippen molar-refractivity contribution in [2.24, 2.45) is 0 Å². The van der Waals surface area contributed by atoms with Gasteiger partial charge in [-0.3, -0.25) is 0 Å². The van der Waals surface area contributed by atoms with E-state index in [-0.39, 0.29) is 11.9 Å². The lowest BCUT2D eigenvalue weighted by Crippen LogP contribution is -2.25. The fourth-order valence-corrected chi connectivity index (χ4v) is 2.17. The van der Waals surface area contributed by atoms with Crippen LogP contribution in [0.2, 0.25) is 0 Å². The van der Waals surface area contributed by atoms with Crippen LogP contribution in [0.3, 0.4) is 0 Å². The SMILES string of the molecule is CCCNC(c1ccnc(C)n1)c1ccc(OC)cc1F. The van der Waals surface area contributed by atoms with Gasteiger partial charge in [-0.1, -0.05) is 13.0 Å². The van der Waals surface area contributed by atoms with E-state index >= 15 is 0 Å². The minimum Gasteiger partial charge on any atom is -0.497 e. The Balaban J connectivity index is 2.40. The maximum absolute atomic E-state index is 14.3. The summed E-state index contributed by atoms with van der Waals surface area (Å²) < 4.78 is 19.4. The molecule has 0 radical (unpaired) electrons. The Morgan fingerprint density at radius 2 is 2.14 bits per heavy atom. The molecule has 2 rings (SSSR count). The van der Waals surface area contributed by atoms with Crippen LogP contribution in [-0.4, -0.2) is 23.6 Å². The summed E-state index contributed by atoms with van der Waals surface area (Å²) in [5, 5.41) is 3.34. The normalized spacial score (nSPS) is 12.2. The maximum Gasteiger partial charge on any atom is 0.132 e. The summed E-state index contributed by atoms with van der Waals surface area (Å²) in [4.78, 5) is 8.51. The quantitative estimate of drug-likeness (QED) is 0.888. The van der Waals surface area contributed by atoms with Gasteiger partial charge < -0.3 is 10.1 Å². The number of nitrogens with one attached hydrogen (secondary N) is 1. The van der Waals surface area contributed by atoms with Crippen molar-refractivity contribution in [3.05, 3.63) is 53.4 Å². The van der Waals surface area contributed by atoms with Crippen molar-refractivity contribution in [3.8, 4) is 5.75 Å². The molecule has 0 bridgehead atoms. The Hall–Kier alpha value is -2.01. The summed E-state index contributed by atoms with van der Waals surface area (Å²) in [6.07, 6.45) is 2.65. The molecule has 1 N–H and O–H groups in total. The first-order valence-corrected chi connectivity index (χ1v) is 7.02. The smallest absolute Gasteiger partial charge is 0.132 e. The molecular weight excluding hydrogens is 269 g/mol. The number of methoxy groups -OCH3 is 1. The van der Waals surface area contributed by atoms with E-state index in [1.54, 1.807) is 18.3 Å². The number of hydrogen-bond donors (Lipinski definition) is 1. The van der Waals surface area contributed by atoms with Crippen molar-refractivity contribution in [3.63, 3.8) is 0 Å². The third kappa shape index (κ3) is 3.76. The van der Waals surface area contributed by atoms with Crippen LogP contribution in [0.25, 0.3) is 0 Å². The molecular formula is C16H20FN3O. The first-order chi connectivity index (χ1) is 10.2. The minimum absolute atomic E-state index is 0.294. The highest BCUT2D eigenvalue weighted by atomic mass is 19.1. The third-order valence-electron chi connectivity index (χ3n) is 3.21. The van der Waals surface area contributed by atoms with Crippen molar-refractivity contribution < 1.29 is 9.13 Å². The van der Waals surface area contributed by atoms with Gasteiger partial charge >= 0.3 is 0 Å². The molecule has 0 aliphatic heterocycles. The van der Waals surface area contributed by atoms with Crippen LogP contribution < -0.4 is 10.1 Å². The lowest BCUT2D eigenvalue weighted by atomic mass is 10.0. The van der Waals surface area contributed by atoms with Gasteiger partial charge in [-0.05, 0) is 32.0 Å². The van der Waals surface area contributed by atoms with E-state index in [2.05, 4.69) is 22.2 Å².